The molecule has 0 unspecified atom stereocenters. The summed E-state index contributed by atoms with van der Waals surface area (Å²) >= 11 is 6.02. The molecule has 1 aromatic carbocycles. The second-order valence-corrected chi connectivity index (χ2v) is 5.99. The molecule has 1 rings (SSSR count). The standard InChI is InChI=1S/C16H25ClN4O/c1-11(2)7-9-19-16(18)20-10-8-15(22)21-14-6-4-5-13(17)12(14)3/h4-6,11H,7-10H2,1-3H3,(H,21,22)(H3,18,19,20). The third-order valence-electron chi connectivity index (χ3n) is 3.19. The van der Waals surface area contributed by atoms with Gasteiger partial charge in [0.15, 0.2) is 5.96 Å². The van der Waals surface area contributed by atoms with Crippen molar-refractivity contribution in [3.8, 4) is 0 Å². The number of anilines is 1. The molecule has 1 aromatic rings. The van der Waals surface area contributed by atoms with Crippen molar-refractivity contribution in [2.45, 2.75) is 33.6 Å². The van der Waals surface area contributed by atoms with Gasteiger partial charge < -0.3 is 16.4 Å². The lowest BCUT2D eigenvalue weighted by molar-refractivity contribution is -0.116. The minimum atomic E-state index is -0.0900. The van der Waals surface area contributed by atoms with Crippen molar-refractivity contribution in [2.75, 3.05) is 18.4 Å². The normalized spacial score (nSPS) is 11.6. The number of halogens is 1. The van der Waals surface area contributed by atoms with E-state index in [1.54, 1.807) is 6.07 Å². The van der Waals surface area contributed by atoms with Gasteiger partial charge in [-0.25, -0.2) is 0 Å². The maximum Gasteiger partial charge on any atom is 0.226 e. The van der Waals surface area contributed by atoms with Crippen LogP contribution in [0.5, 0.6) is 0 Å². The molecule has 0 aromatic heterocycles. The second-order valence-electron chi connectivity index (χ2n) is 5.59. The molecular formula is C16H25ClN4O. The highest BCUT2D eigenvalue weighted by Gasteiger charge is 2.06. The van der Waals surface area contributed by atoms with Gasteiger partial charge in [0.1, 0.15) is 0 Å². The van der Waals surface area contributed by atoms with Gasteiger partial charge in [0.2, 0.25) is 5.91 Å². The molecule has 0 saturated heterocycles. The van der Waals surface area contributed by atoms with E-state index in [0.717, 1.165) is 17.7 Å². The van der Waals surface area contributed by atoms with Gasteiger partial charge in [-0.05, 0) is 37.0 Å². The highest BCUT2D eigenvalue weighted by atomic mass is 35.5. The molecule has 22 heavy (non-hydrogen) atoms. The summed E-state index contributed by atoms with van der Waals surface area (Å²) in [5, 5.41) is 6.42. The first-order valence-electron chi connectivity index (χ1n) is 7.49. The zero-order chi connectivity index (χ0) is 16.5. The van der Waals surface area contributed by atoms with Gasteiger partial charge in [-0.1, -0.05) is 31.5 Å². The van der Waals surface area contributed by atoms with Crippen LogP contribution in [0.4, 0.5) is 5.69 Å². The van der Waals surface area contributed by atoms with Crippen LogP contribution in [-0.4, -0.2) is 25.0 Å². The van der Waals surface area contributed by atoms with Crippen LogP contribution in [0.3, 0.4) is 0 Å². The van der Waals surface area contributed by atoms with Gasteiger partial charge >= 0.3 is 0 Å². The molecule has 0 bridgehead atoms. The predicted octanol–water partition coefficient (Wildman–Crippen LogP) is 2.93. The fourth-order valence-electron chi connectivity index (χ4n) is 1.76. The number of benzene rings is 1. The van der Waals surface area contributed by atoms with E-state index in [9.17, 15) is 4.79 Å². The molecule has 0 aliphatic carbocycles. The van der Waals surface area contributed by atoms with Crippen molar-refractivity contribution in [3.05, 3.63) is 28.8 Å². The highest BCUT2D eigenvalue weighted by molar-refractivity contribution is 6.31. The number of aliphatic imine (C=N–C) groups is 1. The summed E-state index contributed by atoms with van der Waals surface area (Å²) in [6, 6.07) is 5.43. The van der Waals surface area contributed by atoms with Crippen LogP contribution in [0.2, 0.25) is 5.02 Å². The molecule has 0 atom stereocenters. The van der Waals surface area contributed by atoms with Crippen LogP contribution in [0.25, 0.3) is 0 Å². The Hall–Kier alpha value is -1.75. The molecule has 5 nitrogen and oxygen atoms in total. The molecule has 122 valence electrons. The number of rotatable bonds is 7. The fourth-order valence-corrected chi connectivity index (χ4v) is 1.93. The van der Waals surface area contributed by atoms with Gasteiger partial charge in [0.05, 0.1) is 0 Å². The van der Waals surface area contributed by atoms with Crippen LogP contribution in [0, 0.1) is 12.8 Å². The van der Waals surface area contributed by atoms with Gasteiger partial charge in [-0.3, -0.25) is 9.79 Å². The van der Waals surface area contributed by atoms with E-state index in [1.165, 1.54) is 0 Å². The Morgan fingerprint density at radius 2 is 2.14 bits per heavy atom. The number of nitrogens with one attached hydrogen (secondary N) is 2. The first-order chi connectivity index (χ1) is 10.4. The predicted molar refractivity (Wildman–Crippen MR) is 93.4 cm³/mol. The Labute approximate surface area is 137 Å². The minimum absolute atomic E-state index is 0.0900. The van der Waals surface area contributed by atoms with Crippen molar-refractivity contribution in [1.82, 2.24) is 5.32 Å². The summed E-state index contributed by atoms with van der Waals surface area (Å²) < 4.78 is 0. The summed E-state index contributed by atoms with van der Waals surface area (Å²) in [6.45, 7) is 7.30. The summed E-state index contributed by atoms with van der Waals surface area (Å²) in [7, 11) is 0. The van der Waals surface area contributed by atoms with Gasteiger partial charge in [0.25, 0.3) is 0 Å². The van der Waals surface area contributed by atoms with Crippen LogP contribution in [0.1, 0.15) is 32.3 Å². The van der Waals surface area contributed by atoms with Gasteiger partial charge in [-0.2, -0.15) is 0 Å². The maximum absolute atomic E-state index is 11.9. The molecule has 4 N–H and O–H groups in total. The monoisotopic (exact) mass is 324 g/mol. The molecule has 0 aliphatic heterocycles. The third-order valence-corrected chi connectivity index (χ3v) is 3.60. The average Bonchev–Trinajstić information content (AvgIpc) is 2.43. The van der Waals surface area contributed by atoms with E-state index in [0.29, 0.717) is 36.4 Å². The number of nitrogens with zero attached hydrogens (tertiary/aromatic N) is 1. The Morgan fingerprint density at radius 3 is 2.82 bits per heavy atom. The van der Waals surface area contributed by atoms with E-state index >= 15 is 0 Å². The largest absolute Gasteiger partial charge is 0.370 e. The van der Waals surface area contributed by atoms with E-state index < -0.39 is 0 Å². The summed E-state index contributed by atoms with van der Waals surface area (Å²) in [5.74, 6) is 0.892. The second kappa shape index (κ2) is 9.30. The summed E-state index contributed by atoms with van der Waals surface area (Å²) in [5.41, 5.74) is 7.33. The Bertz CT molecular complexity index is 529. The lowest BCUT2D eigenvalue weighted by atomic mass is 10.1. The number of carbonyl (C=O) groups is 1. The lowest BCUT2D eigenvalue weighted by Crippen LogP contribution is -2.34. The number of guanidine groups is 1. The van der Waals surface area contributed by atoms with E-state index in [-0.39, 0.29) is 5.91 Å². The van der Waals surface area contributed by atoms with Crippen LogP contribution < -0.4 is 16.4 Å². The third kappa shape index (κ3) is 6.80. The van der Waals surface area contributed by atoms with Crippen molar-refractivity contribution >= 4 is 29.2 Å². The molecule has 0 saturated carbocycles. The molecular weight excluding hydrogens is 300 g/mol. The number of carbonyl (C=O) groups excluding carboxylic acids is 1. The first-order valence-corrected chi connectivity index (χ1v) is 7.86. The van der Waals surface area contributed by atoms with Crippen LogP contribution in [0.15, 0.2) is 23.2 Å². The molecule has 0 fully saturated rings. The van der Waals surface area contributed by atoms with Crippen molar-refractivity contribution < 1.29 is 4.79 Å². The number of hydrogen-bond donors (Lipinski definition) is 3. The van der Waals surface area contributed by atoms with Crippen molar-refractivity contribution in [1.29, 1.82) is 0 Å². The van der Waals surface area contributed by atoms with Gasteiger partial charge in [-0.15, -0.1) is 0 Å². The van der Waals surface area contributed by atoms with Crippen LogP contribution >= 0.6 is 11.6 Å². The van der Waals surface area contributed by atoms with E-state index in [2.05, 4.69) is 29.5 Å². The fraction of sp³-hybridized carbons (Fsp3) is 0.500. The summed E-state index contributed by atoms with van der Waals surface area (Å²) in [4.78, 5) is 16.1. The number of amides is 1. The average molecular weight is 325 g/mol. The van der Waals surface area contributed by atoms with Crippen LogP contribution in [-0.2, 0) is 4.79 Å². The topological polar surface area (TPSA) is 79.5 Å². The van der Waals surface area contributed by atoms with Gasteiger partial charge in [0, 0.05) is 30.2 Å². The Morgan fingerprint density at radius 1 is 1.41 bits per heavy atom. The van der Waals surface area contributed by atoms with Crippen molar-refractivity contribution in [2.24, 2.45) is 16.6 Å². The van der Waals surface area contributed by atoms with E-state index in [4.69, 9.17) is 17.3 Å². The highest BCUT2D eigenvalue weighted by Crippen LogP contribution is 2.22. The molecule has 6 heteroatoms. The first kappa shape index (κ1) is 18.3. The Kier molecular flexibility index (Phi) is 7.74. The zero-order valence-corrected chi connectivity index (χ0v) is 14.2. The maximum atomic E-state index is 11.9. The van der Waals surface area contributed by atoms with E-state index in [1.807, 2.05) is 19.1 Å². The quantitative estimate of drug-likeness (QED) is 0.533. The molecule has 0 heterocycles. The summed E-state index contributed by atoms with van der Waals surface area (Å²) in [6.07, 6.45) is 1.31. The molecule has 0 spiro atoms. The number of nitrogens with two attached hydrogens (primary N) is 1. The molecule has 0 aliphatic rings. The number of hydrogen-bond acceptors (Lipinski definition) is 2. The SMILES string of the molecule is Cc1c(Cl)cccc1NC(=O)CCNC(N)=NCCC(C)C. The lowest BCUT2D eigenvalue weighted by Gasteiger charge is -2.10. The molecule has 1 amide bonds. The zero-order valence-electron chi connectivity index (χ0n) is 13.4. The van der Waals surface area contributed by atoms with Crippen molar-refractivity contribution in [3.63, 3.8) is 0 Å². The Balaban J connectivity index is 2.33. The molecule has 0 radical (unpaired) electrons. The minimum Gasteiger partial charge on any atom is -0.370 e. The smallest absolute Gasteiger partial charge is 0.226 e.